The molecular formula is C23H31N3O2. The van der Waals surface area contributed by atoms with E-state index in [2.05, 4.69) is 48.4 Å². The first-order valence-corrected chi connectivity index (χ1v) is 9.90. The molecule has 0 aromatic carbocycles. The second-order valence-corrected chi connectivity index (χ2v) is 7.42. The normalized spacial score (nSPS) is 24.8. The van der Waals surface area contributed by atoms with Crippen molar-refractivity contribution in [1.29, 1.82) is 0 Å². The molecule has 0 radical (unpaired) electrons. The molecule has 0 saturated carbocycles. The minimum Gasteiger partial charge on any atom is -0.488 e. The van der Waals surface area contributed by atoms with Gasteiger partial charge >= 0.3 is 0 Å². The number of H-pyrrole nitrogens is 1. The van der Waals surface area contributed by atoms with Gasteiger partial charge < -0.3 is 19.8 Å². The maximum absolute atomic E-state index is 5.87. The maximum atomic E-state index is 5.87. The first-order valence-electron chi connectivity index (χ1n) is 9.90. The Labute approximate surface area is 167 Å². The monoisotopic (exact) mass is 381 g/mol. The number of methoxy groups -OCH3 is 1. The minimum atomic E-state index is 0.261. The Balaban J connectivity index is 1.78. The largest absolute Gasteiger partial charge is 0.488 e. The lowest BCUT2D eigenvalue weighted by molar-refractivity contribution is 0.159. The number of rotatable bonds is 7. The van der Waals surface area contributed by atoms with E-state index in [4.69, 9.17) is 9.47 Å². The highest BCUT2D eigenvalue weighted by atomic mass is 16.5. The fourth-order valence-electron chi connectivity index (χ4n) is 3.93. The number of ether oxygens (including phenoxy) is 2. The third kappa shape index (κ3) is 4.37. The summed E-state index contributed by atoms with van der Waals surface area (Å²) >= 11 is 0. The molecule has 1 aromatic rings. The maximum Gasteiger partial charge on any atom is 0.126 e. The van der Waals surface area contributed by atoms with Crippen LogP contribution in [0.1, 0.15) is 44.2 Å². The fourth-order valence-corrected chi connectivity index (χ4v) is 3.93. The predicted molar refractivity (Wildman–Crippen MR) is 114 cm³/mol. The Bertz CT molecular complexity index is 829. The summed E-state index contributed by atoms with van der Waals surface area (Å²) in [7, 11) is 1.76. The number of nitrogens with zero attached hydrogens (tertiary/aromatic N) is 1. The van der Waals surface area contributed by atoms with Crippen molar-refractivity contribution in [2.75, 3.05) is 26.9 Å². The van der Waals surface area contributed by atoms with Gasteiger partial charge in [-0.15, -0.1) is 0 Å². The molecule has 2 aliphatic rings. The van der Waals surface area contributed by atoms with E-state index in [1.165, 1.54) is 11.1 Å². The van der Waals surface area contributed by atoms with Crippen LogP contribution in [-0.2, 0) is 9.47 Å². The van der Waals surface area contributed by atoms with E-state index >= 15 is 0 Å². The van der Waals surface area contributed by atoms with Crippen LogP contribution in [0.4, 0.5) is 0 Å². The van der Waals surface area contributed by atoms with Crippen LogP contribution in [0.5, 0.6) is 0 Å². The van der Waals surface area contributed by atoms with Gasteiger partial charge in [0.1, 0.15) is 18.2 Å². The minimum absolute atomic E-state index is 0.261. The van der Waals surface area contributed by atoms with Crippen molar-refractivity contribution in [2.45, 2.75) is 32.7 Å². The van der Waals surface area contributed by atoms with Crippen LogP contribution < -0.4 is 5.32 Å². The number of hydrogen-bond acceptors (Lipinski definition) is 4. The second-order valence-electron chi connectivity index (χ2n) is 7.42. The van der Waals surface area contributed by atoms with Crippen LogP contribution in [0.25, 0.3) is 5.57 Å². The van der Waals surface area contributed by atoms with Gasteiger partial charge in [-0.05, 0) is 48.5 Å². The van der Waals surface area contributed by atoms with Crippen molar-refractivity contribution in [3.8, 4) is 0 Å². The van der Waals surface area contributed by atoms with E-state index in [1.54, 1.807) is 13.2 Å². The van der Waals surface area contributed by atoms with Crippen molar-refractivity contribution in [2.24, 2.45) is 5.92 Å². The summed E-state index contributed by atoms with van der Waals surface area (Å²) in [5, 5.41) is 3.53. The van der Waals surface area contributed by atoms with Crippen molar-refractivity contribution < 1.29 is 9.47 Å². The van der Waals surface area contributed by atoms with Crippen molar-refractivity contribution in [3.63, 3.8) is 0 Å². The molecule has 28 heavy (non-hydrogen) atoms. The molecule has 3 heterocycles. The summed E-state index contributed by atoms with van der Waals surface area (Å²) in [4.78, 5) is 8.10. The van der Waals surface area contributed by atoms with Gasteiger partial charge in [-0.25, -0.2) is 4.98 Å². The quantitative estimate of drug-likeness (QED) is 0.731. The van der Waals surface area contributed by atoms with Gasteiger partial charge in [0.15, 0.2) is 0 Å². The van der Waals surface area contributed by atoms with E-state index in [9.17, 15) is 0 Å². The molecule has 0 spiro atoms. The molecule has 2 N–H and O–H groups in total. The zero-order valence-corrected chi connectivity index (χ0v) is 17.2. The molecule has 2 atom stereocenters. The standard InChI is InChI=1S/C23H31N3O2/c1-6-8-22-16(4)19(7-2)18(14-28-22)9-15(3)21-12-25-23(26-21)20-10-17(11-24-20)13-27-5/h6,8-9,12,17,20,24H,1,4,7,10-11,13-14H2,2-3,5H3,(H,25,26)/b15-9+,22-8+. The van der Waals surface area contributed by atoms with E-state index < -0.39 is 0 Å². The highest BCUT2D eigenvalue weighted by Crippen LogP contribution is 2.32. The predicted octanol–water partition coefficient (Wildman–Crippen LogP) is 4.47. The molecule has 2 unspecified atom stereocenters. The molecule has 5 nitrogen and oxygen atoms in total. The van der Waals surface area contributed by atoms with Crippen LogP contribution in [0.2, 0.25) is 0 Å². The Morgan fingerprint density at radius 2 is 2.29 bits per heavy atom. The Morgan fingerprint density at radius 1 is 1.46 bits per heavy atom. The summed E-state index contributed by atoms with van der Waals surface area (Å²) < 4.78 is 11.2. The first-order chi connectivity index (χ1) is 13.6. The van der Waals surface area contributed by atoms with Crippen LogP contribution in [0.3, 0.4) is 0 Å². The van der Waals surface area contributed by atoms with E-state index in [-0.39, 0.29) is 6.04 Å². The van der Waals surface area contributed by atoms with Crippen molar-refractivity contribution >= 4 is 5.57 Å². The van der Waals surface area contributed by atoms with Gasteiger partial charge in [-0.1, -0.05) is 32.2 Å². The van der Waals surface area contributed by atoms with Gasteiger partial charge in [-0.2, -0.15) is 0 Å². The van der Waals surface area contributed by atoms with E-state index in [1.807, 2.05) is 12.3 Å². The molecule has 1 saturated heterocycles. The summed E-state index contributed by atoms with van der Waals surface area (Å²) in [6.07, 6.45) is 9.66. The topological polar surface area (TPSA) is 59.2 Å². The average Bonchev–Trinajstić information content (AvgIpc) is 3.34. The highest BCUT2D eigenvalue weighted by Gasteiger charge is 2.27. The molecular weight excluding hydrogens is 350 g/mol. The lowest BCUT2D eigenvalue weighted by Gasteiger charge is -2.24. The number of aromatic nitrogens is 2. The van der Waals surface area contributed by atoms with Gasteiger partial charge in [0.25, 0.3) is 0 Å². The number of aromatic amines is 1. The number of imidazole rings is 1. The summed E-state index contributed by atoms with van der Waals surface area (Å²) in [5.41, 5.74) is 5.52. The first kappa shape index (κ1) is 20.4. The SMILES string of the molecule is C=C/C=C1/OCC(/C=C(\C)c2cnc(C3CC(COC)CN3)[nH]2)=C(CC)C1=C. The summed E-state index contributed by atoms with van der Waals surface area (Å²) in [6, 6.07) is 0.261. The average molecular weight is 382 g/mol. The highest BCUT2D eigenvalue weighted by molar-refractivity contribution is 5.65. The molecule has 1 fully saturated rings. The summed E-state index contributed by atoms with van der Waals surface area (Å²) in [5.74, 6) is 2.34. The van der Waals surface area contributed by atoms with Gasteiger partial charge in [-0.3, -0.25) is 0 Å². The summed E-state index contributed by atoms with van der Waals surface area (Å²) in [6.45, 7) is 14.5. The van der Waals surface area contributed by atoms with Crippen molar-refractivity contribution in [1.82, 2.24) is 15.3 Å². The van der Waals surface area contributed by atoms with Crippen LogP contribution >= 0.6 is 0 Å². The van der Waals surface area contributed by atoms with Crippen LogP contribution in [0, 0.1) is 5.92 Å². The molecule has 5 heteroatoms. The van der Waals surface area contributed by atoms with E-state index in [0.29, 0.717) is 12.5 Å². The third-order valence-corrected chi connectivity index (χ3v) is 5.42. The molecule has 150 valence electrons. The molecule has 1 aromatic heterocycles. The van der Waals surface area contributed by atoms with E-state index in [0.717, 1.165) is 54.4 Å². The third-order valence-electron chi connectivity index (χ3n) is 5.42. The smallest absolute Gasteiger partial charge is 0.126 e. The van der Waals surface area contributed by atoms with Crippen LogP contribution in [0.15, 0.2) is 60.1 Å². The van der Waals surface area contributed by atoms with Gasteiger partial charge in [0.2, 0.25) is 0 Å². The molecule has 2 aliphatic heterocycles. The Hall–Kier alpha value is -2.37. The number of nitrogens with one attached hydrogen (secondary N) is 2. The Morgan fingerprint density at radius 3 is 3.00 bits per heavy atom. The van der Waals surface area contributed by atoms with Crippen molar-refractivity contribution in [3.05, 3.63) is 71.6 Å². The number of allylic oxidation sites excluding steroid dienone is 4. The molecule has 3 rings (SSSR count). The molecule has 0 aliphatic carbocycles. The van der Waals surface area contributed by atoms with Gasteiger partial charge in [0.05, 0.1) is 24.5 Å². The second kappa shape index (κ2) is 9.22. The zero-order valence-electron chi connectivity index (χ0n) is 17.2. The zero-order chi connectivity index (χ0) is 20.1. The Kier molecular flexibility index (Phi) is 6.70. The lowest BCUT2D eigenvalue weighted by atomic mass is 9.93. The number of hydrogen-bond donors (Lipinski definition) is 2. The molecule has 0 amide bonds. The fraction of sp³-hybridized carbons (Fsp3) is 0.435. The molecule has 0 bridgehead atoms. The van der Waals surface area contributed by atoms with Gasteiger partial charge in [0, 0.05) is 19.2 Å². The van der Waals surface area contributed by atoms with Crippen LogP contribution in [-0.4, -0.2) is 36.8 Å². The lowest BCUT2D eigenvalue weighted by Crippen LogP contribution is -2.15.